The van der Waals surface area contributed by atoms with Crippen molar-refractivity contribution in [2.24, 2.45) is 0 Å². The third-order valence-electron chi connectivity index (χ3n) is 3.89. The van der Waals surface area contributed by atoms with Crippen LogP contribution in [0.25, 0.3) is 0 Å². The number of urea groups is 1. The molecule has 0 saturated carbocycles. The molecule has 1 aliphatic rings. The van der Waals surface area contributed by atoms with Gasteiger partial charge in [-0.1, -0.05) is 18.5 Å². The summed E-state index contributed by atoms with van der Waals surface area (Å²) >= 11 is 5.88. The summed E-state index contributed by atoms with van der Waals surface area (Å²) < 4.78 is 1.61. The molecule has 24 heavy (non-hydrogen) atoms. The molecule has 1 fully saturated rings. The van der Waals surface area contributed by atoms with E-state index < -0.39 is 6.04 Å². The highest BCUT2D eigenvalue weighted by Crippen LogP contribution is 2.27. The van der Waals surface area contributed by atoms with Gasteiger partial charge in [-0.05, 0) is 48.0 Å². The van der Waals surface area contributed by atoms with Crippen LogP contribution in [-0.4, -0.2) is 43.1 Å². The van der Waals surface area contributed by atoms with Crippen molar-refractivity contribution in [3.05, 3.63) is 35.1 Å². The van der Waals surface area contributed by atoms with Crippen LogP contribution in [0.1, 0.15) is 26.1 Å². The lowest BCUT2D eigenvalue weighted by molar-refractivity contribution is -0.127. The standard InChI is InChI=1S/C15H17ClN6O2/c1-3-8-21-13(17-18-19-21)9-20-14(23)10(2)22(15(20)24)12-6-4-11(16)5-7-12/h4-7,10H,3,8-9H2,1-2H3. The molecule has 9 heteroatoms. The number of halogens is 1. The lowest BCUT2D eigenvalue weighted by Crippen LogP contribution is -2.34. The number of benzene rings is 1. The Kier molecular flexibility index (Phi) is 4.48. The van der Waals surface area contributed by atoms with E-state index in [1.54, 1.807) is 35.9 Å². The Morgan fingerprint density at radius 2 is 1.92 bits per heavy atom. The predicted molar refractivity (Wildman–Crippen MR) is 87.4 cm³/mol. The Labute approximate surface area is 144 Å². The van der Waals surface area contributed by atoms with Crippen LogP contribution < -0.4 is 4.90 Å². The summed E-state index contributed by atoms with van der Waals surface area (Å²) in [6, 6.07) is 5.83. The molecule has 0 N–H and O–H groups in total. The molecule has 1 saturated heterocycles. The Bertz CT molecular complexity index is 760. The minimum atomic E-state index is -0.589. The number of hydrogen-bond acceptors (Lipinski definition) is 5. The predicted octanol–water partition coefficient (Wildman–Crippen LogP) is 2.09. The van der Waals surface area contributed by atoms with Crippen LogP contribution in [0.5, 0.6) is 0 Å². The van der Waals surface area contributed by atoms with Gasteiger partial charge >= 0.3 is 6.03 Å². The average Bonchev–Trinajstić information content (AvgIpc) is 3.08. The minimum Gasteiger partial charge on any atom is -0.282 e. The number of aryl methyl sites for hydroxylation is 1. The van der Waals surface area contributed by atoms with Crippen molar-refractivity contribution in [3.63, 3.8) is 0 Å². The van der Waals surface area contributed by atoms with Gasteiger partial charge < -0.3 is 0 Å². The molecule has 1 unspecified atom stereocenters. The molecule has 3 amide bonds. The highest BCUT2D eigenvalue weighted by molar-refractivity contribution is 6.30. The van der Waals surface area contributed by atoms with E-state index in [4.69, 9.17) is 11.6 Å². The summed E-state index contributed by atoms with van der Waals surface area (Å²) in [5, 5.41) is 12.0. The molecule has 0 radical (unpaired) electrons. The van der Waals surface area contributed by atoms with Gasteiger partial charge in [0.05, 0.1) is 6.54 Å². The van der Waals surface area contributed by atoms with Crippen molar-refractivity contribution in [2.45, 2.75) is 39.4 Å². The van der Waals surface area contributed by atoms with Crippen LogP contribution in [0, 0.1) is 0 Å². The van der Waals surface area contributed by atoms with Crippen LogP contribution in [0.3, 0.4) is 0 Å². The van der Waals surface area contributed by atoms with E-state index in [-0.39, 0.29) is 18.5 Å². The molecule has 2 aromatic rings. The van der Waals surface area contributed by atoms with E-state index in [1.807, 2.05) is 6.92 Å². The van der Waals surface area contributed by atoms with Crippen LogP contribution in [0.2, 0.25) is 5.02 Å². The molecule has 3 rings (SSSR count). The molecule has 1 atom stereocenters. The number of tetrazole rings is 1. The highest BCUT2D eigenvalue weighted by atomic mass is 35.5. The van der Waals surface area contributed by atoms with Crippen LogP contribution in [0.15, 0.2) is 24.3 Å². The molecule has 1 aromatic carbocycles. The van der Waals surface area contributed by atoms with E-state index in [9.17, 15) is 9.59 Å². The lowest BCUT2D eigenvalue weighted by Gasteiger charge is -2.19. The van der Waals surface area contributed by atoms with Crippen molar-refractivity contribution >= 4 is 29.2 Å². The molecular weight excluding hydrogens is 332 g/mol. The summed E-state index contributed by atoms with van der Waals surface area (Å²) in [4.78, 5) is 27.9. The van der Waals surface area contributed by atoms with Crippen molar-refractivity contribution in [3.8, 4) is 0 Å². The van der Waals surface area contributed by atoms with Crippen molar-refractivity contribution in [1.29, 1.82) is 0 Å². The maximum atomic E-state index is 12.7. The van der Waals surface area contributed by atoms with Crippen LogP contribution in [-0.2, 0) is 17.9 Å². The second-order valence-electron chi connectivity index (χ2n) is 5.55. The maximum absolute atomic E-state index is 12.7. The first-order valence-electron chi connectivity index (χ1n) is 7.68. The molecule has 126 valence electrons. The number of anilines is 1. The third-order valence-corrected chi connectivity index (χ3v) is 4.15. The van der Waals surface area contributed by atoms with Gasteiger partial charge in [0.2, 0.25) is 0 Å². The summed E-state index contributed by atoms with van der Waals surface area (Å²) in [6.45, 7) is 4.39. The average molecular weight is 349 g/mol. The van der Waals surface area contributed by atoms with Gasteiger partial charge in [-0.25, -0.2) is 9.48 Å². The zero-order valence-corrected chi connectivity index (χ0v) is 14.1. The fourth-order valence-electron chi connectivity index (χ4n) is 2.67. The van der Waals surface area contributed by atoms with Gasteiger partial charge in [0.1, 0.15) is 6.04 Å². The molecule has 1 aliphatic heterocycles. The van der Waals surface area contributed by atoms with Crippen LogP contribution >= 0.6 is 11.6 Å². The van der Waals surface area contributed by atoms with Gasteiger partial charge in [0.25, 0.3) is 5.91 Å². The molecule has 0 aliphatic carbocycles. The Morgan fingerprint density at radius 3 is 2.58 bits per heavy atom. The number of nitrogens with zero attached hydrogens (tertiary/aromatic N) is 6. The second-order valence-corrected chi connectivity index (χ2v) is 5.98. The topological polar surface area (TPSA) is 84.2 Å². The zero-order chi connectivity index (χ0) is 17.3. The quantitative estimate of drug-likeness (QED) is 0.772. The lowest BCUT2D eigenvalue weighted by atomic mass is 10.2. The maximum Gasteiger partial charge on any atom is 0.332 e. The molecule has 8 nitrogen and oxygen atoms in total. The number of imide groups is 1. The number of aromatic nitrogens is 4. The Morgan fingerprint density at radius 1 is 1.21 bits per heavy atom. The number of carbonyl (C=O) groups is 2. The SMILES string of the molecule is CCCn1nnnc1CN1C(=O)C(C)N(c2ccc(Cl)cc2)C1=O. The number of carbonyl (C=O) groups excluding carboxylic acids is 2. The number of amides is 3. The Balaban J connectivity index is 1.85. The summed E-state index contributed by atoms with van der Waals surface area (Å²) in [6.07, 6.45) is 0.854. The van der Waals surface area contributed by atoms with Gasteiger partial charge in [-0.15, -0.1) is 5.10 Å². The van der Waals surface area contributed by atoms with Crippen LogP contribution in [0.4, 0.5) is 10.5 Å². The fraction of sp³-hybridized carbons (Fsp3) is 0.400. The summed E-state index contributed by atoms with van der Waals surface area (Å²) in [5.74, 6) is 0.213. The smallest absolute Gasteiger partial charge is 0.282 e. The van der Waals surface area contributed by atoms with Crippen molar-refractivity contribution in [1.82, 2.24) is 25.1 Å². The van der Waals surface area contributed by atoms with Gasteiger partial charge in [0, 0.05) is 17.3 Å². The summed E-state index contributed by atoms with van der Waals surface area (Å²) in [5.41, 5.74) is 0.626. The molecule has 0 bridgehead atoms. The first-order valence-corrected chi connectivity index (χ1v) is 8.06. The summed E-state index contributed by atoms with van der Waals surface area (Å²) in [7, 11) is 0. The normalized spacial score (nSPS) is 17.9. The van der Waals surface area contributed by atoms with Gasteiger partial charge in [-0.3, -0.25) is 14.6 Å². The monoisotopic (exact) mass is 348 g/mol. The first kappa shape index (κ1) is 16.4. The van der Waals surface area contributed by atoms with E-state index >= 15 is 0 Å². The van der Waals surface area contributed by atoms with Crippen molar-refractivity contribution in [2.75, 3.05) is 4.90 Å². The first-order chi connectivity index (χ1) is 11.5. The van der Waals surface area contributed by atoms with Crippen molar-refractivity contribution < 1.29 is 9.59 Å². The number of hydrogen-bond donors (Lipinski definition) is 0. The second kappa shape index (κ2) is 6.56. The molecule has 2 heterocycles. The largest absolute Gasteiger partial charge is 0.332 e. The minimum absolute atomic E-state index is 0.0547. The Hall–Kier alpha value is -2.48. The molecule has 1 aromatic heterocycles. The fourth-order valence-corrected chi connectivity index (χ4v) is 2.80. The van der Waals surface area contributed by atoms with E-state index in [0.29, 0.717) is 23.1 Å². The molecule has 0 spiro atoms. The van der Waals surface area contributed by atoms with Gasteiger partial charge in [-0.2, -0.15) is 0 Å². The van der Waals surface area contributed by atoms with Gasteiger partial charge in [0.15, 0.2) is 5.82 Å². The zero-order valence-electron chi connectivity index (χ0n) is 13.4. The van der Waals surface area contributed by atoms with E-state index in [2.05, 4.69) is 15.5 Å². The highest BCUT2D eigenvalue weighted by Gasteiger charge is 2.43. The third kappa shape index (κ3) is 2.84. The number of rotatable bonds is 5. The van der Waals surface area contributed by atoms with E-state index in [1.165, 1.54) is 9.80 Å². The van der Waals surface area contributed by atoms with E-state index in [0.717, 1.165) is 6.42 Å². The molecular formula is C15H17ClN6O2.